The van der Waals surface area contributed by atoms with Crippen LogP contribution in [0.1, 0.15) is 17.4 Å². The van der Waals surface area contributed by atoms with Crippen LogP contribution >= 0.6 is 27.7 Å². The van der Waals surface area contributed by atoms with Crippen molar-refractivity contribution in [3.05, 3.63) is 40.1 Å². The summed E-state index contributed by atoms with van der Waals surface area (Å²) < 4.78 is 13.9. The van der Waals surface area contributed by atoms with Crippen molar-refractivity contribution in [3.63, 3.8) is 0 Å². The molecule has 0 fully saturated rings. The van der Waals surface area contributed by atoms with E-state index in [0.29, 0.717) is 12.1 Å². The molecule has 17 heavy (non-hydrogen) atoms. The Morgan fingerprint density at radius 2 is 2.35 bits per heavy atom. The Labute approximate surface area is 112 Å². The van der Waals surface area contributed by atoms with Crippen LogP contribution in [0.25, 0.3) is 0 Å². The minimum absolute atomic E-state index is 0.508. The Morgan fingerprint density at radius 3 is 2.94 bits per heavy atom. The van der Waals surface area contributed by atoms with Gasteiger partial charge in [0.25, 0.3) is 0 Å². The summed E-state index contributed by atoms with van der Waals surface area (Å²) in [5.41, 5.74) is 1.63. The van der Waals surface area contributed by atoms with Crippen molar-refractivity contribution in [1.82, 2.24) is 8.75 Å². The zero-order valence-electron chi connectivity index (χ0n) is 9.13. The molecule has 1 aromatic carbocycles. The van der Waals surface area contributed by atoms with Crippen LogP contribution in [-0.4, -0.2) is 21.0 Å². The number of methoxy groups -OCH3 is 1. The van der Waals surface area contributed by atoms with Gasteiger partial charge in [-0.05, 0) is 33.6 Å². The molecule has 0 aliphatic rings. The second-order valence-corrected chi connectivity index (χ2v) is 4.93. The quantitative estimate of drug-likeness (QED) is 0.942. The van der Waals surface area contributed by atoms with Crippen LogP contribution in [0.5, 0.6) is 5.75 Å². The van der Waals surface area contributed by atoms with Crippen LogP contribution in [0.15, 0.2) is 28.9 Å². The van der Waals surface area contributed by atoms with E-state index in [9.17, 15) is 5.11 Å². The van der Waals surface area contributed by atoms with Gasteiger partial charge in [-0.1, -0.05) is 6.07 Å². The van der Waals surface area contributed by atoms with Gasteiger partial charge < -0.3 is 9.84 Å². The highest BCUT2D eigenvalue weighted by Crippen LogP contribution is 2.27. The van der Waals surface area contributed by atoms with E-state index in [1.807, 2.05) is 18.2 Å². The first-order valence-electron chi connectivity index (χ1n) is 4.98. The monoisotopic (exact) mass is 314 g/mol. The van der Waals surface area contributed by atoms with Crippen molar-refractivity contribution in [2.45, 2.75) is 12.5 Å². The average molecular weight is 315 g/mol. The molecule has 1 heterocycles. The molecule has 0 spiro atoms. The van der Waals surface area contributed by atoms with Crippen molar-refractivity contribution in [2.24, 2.45) is 0 Å². The fourth-order valence-corrected chi connectivity index (χ4v) is 2.54. The first-order chi connectivity index (χ1) is 8.20. The molecule has 1 unspecified atom stereocenters. The Hall–Kier alpha value is -0.980. The molecular formula is C11H11BrN2O2S. The maximum Gasteiger partial charge on any atom is 0.133 e. The van der Waals surface area contributed by atoms with Crippen LogP contribution in [0.2, 0.25) is 0 Å². The SMILES string of the molecule is COc1ccc(CC(O)c2cnsn2)cc1Br. The van der Waals surface area contributed by atoms with E-state index < -0.39 is 6.10 Å². The van der Waals surface area contributed by atoms with Crippen LogP contribution < -0.4 is 4.74 Å². The fourth-order valence-electron chi connectivity index (χ4n) is 1.48. The second-order valence-electron chi connectivity index (χ2n) is 3.52. The van der Waals surface area contributed by atoms with Crippen LogP contribution in [0.4, 0.5) is 0 Å². The number of benzene rings is 1. The van der Waals surface area contributed by atoms with Gasteiger partial charge >= 0.3 is 0 Å². The third-order valence-corrected chi connectivity index (χ3v) is 3.48. The van der Waals surface area contributed by atoms with Crippen LogP contribution in [-0.2, 0) is 6.42 Å². The van der Waals surface area contributed by atoms with Gasteiger partial charge in [0.1, 0.15) is 17.5 Å². The number of rotatable bonds is 4. The van der Waals surface area contributed by atoms with Gasteiger partial charge in [0.15, 0.2) is 0 Å². The highest BCUT2D eigenvalue weighted by molar-refractivity contribution is 9.10. The summed E-state index contributed by atoms with van der Waals surface area (Å²) in [6.45, 7) is 0. The minimum Gasteiger partial charge on any atom is -0.496 e. The zero-order chi connectivity index (χ0) is 12.3. The van der Waals surface area contributed by atoms with Gasteiger partial charge in [0, 0.05) is 6.42 Å². The Balaban J connectivity index is 2.11. The van der Waals surface area contributed by atoms with Crippen molar-refractivity contribution in [1.29, 1.82) is 0 Å². The summed E-state index contributed by atoms with van der Waals surface area (Å²) in [5.74, 6) is 0.776. The normalized spacial score (nSPS) is 12.4. The van der Waals surface area contributed by atoms with Crippen molar-refractivity contribution >= 4 is 27.7 Å². The lowest BCUT2D eigenvalue weighted by atomic mass is 10.1. The molecule has 1 aromatic heterocycles. The van der Waals surface area contributed by atoms with Crippen LogP contribution in [0.3, 0.4) is 0 Å². The summed E-state index contributed by atoms with van der Waals surface area (Å²) in [4.78, 5) is 0. The number of hydrogen-bond donors (Lipinski definition) is 1. The largest absolute Gasteiger partial charge is 0.496 e. The molecule has 0 saturated heterocycles. The standard InChI is InChI=1S/C11H11BrN2O2S/c1-16-11-3-2-7(4-8(11)12)5-10(15)9-6-13-17-14-9/h2-4,6,10,15H,5H2,1H3. The predicted molar refractivity (Wildman–Crippen MR) is 69.3 cm³/mol. The summed E-state index contributed by atoms with van der Waals surface area (Å²) >= 11 is 4.51. The third-order valence-electron chi connectivity index (χ3n) is 2.37. The lowest BCUT2D eigenvalue weighted by Gasteiger charge is -2.09. The van der Waals surface area contributed by atoms with E-state index in [0.717, 1.165) is 27.5 Å². The maximum absolute atomic E-state index is 9.94. The lowest BCUT2D eigenvalue weighted by molar-refractivity contribution is 0.174. The molecule has 2 aromatic rings. The number of hydrogen-bond acceptors (Lipinski definition) is 5. The number of aliphatic hydroxyl groups is 1. The molecule has 0 radical (unpaired) electrons. The predicted octanol–water partition coefficient (Wildman–Crippen LogP) is 2.59. The molecule has 0 saturated carbocycles. The molecular weight excluding hydrogens is 304 g/mol. The van der Waals surface area contributed by atoms with Crippen LogP contribution in [0, 0.1) is 0 Å². The van der Waals surface area contributed by atoms with E-state index in [-0.39, 0.29) is 0 Å². The van der Waals surface area contributed by atoms with Gasteiger partial charge in [0.05, 0.1) is 29.5 Å². The molecule has 4 nitrogen and oxygen atoms in total. The van der Waals surface area contributed by atoms with E-state index >= 15 is 0 Å². The first kappa shape index (κ1) is 12.5. The van der Waals surface area contributed by atoms with Gasteiger partial charge in [0.2, 0.25) is 0 Å². The summed E-state index contributed by atoms with van der Waals surface area (Å²) in [7, 11) is 1.62. The van der Waals surface area contributed by atoms with Gasteiger partial charge in [-0.2, -0.15) is 8.75 Å². The van der Waals surface area contributed by atoms with Crippen molar-refractivity contribution < 1.29 is 9.84 Å². The number of aliphatic hydroxyl groups excluding tert-OH is 1. The Morgan fingerprint density at radius 1 is 1.53 bits per heavy atom. The molecule has 0 aliphatic carbocycles. The van der Waals surface area contributed by atoms with Crippen molar-refractivity contribution in [3.8, 4) is 5.75 Å². The lowest BCUT2D eigenvalue weighted by Crippen LogP contribution is -2.02. The molecule has 0 amide bonds. The molecule has 90 valence electrons. The van der Waals surface area contributed by atoms with E-state index in [1.54, 1.807) is 13.3 Å². The van der Waals surface area contributed by atoms with E-state index in [2.05, 4.69) is 24.7 Å². The molecule has 0 aliphatic heterocycles. The molecule has 1 N–H and O–H groups in total. The number of halogens is 1. The molecule has 1 atom stereocenters. The number of aromatic nitrogens is 2. The molecule has 6 heteroatoms. The van der Waals surface area contributed by atoms with Gasteiger partial charge in [-0.15, -0.1) is 0 Å². The summed E-state index contributed by atoms with van der Waals surface area (Å²) in [6.07, 6.45) is 1.48. The molecule has 2 rings (SSSR count). The smallest absolute Gasteiger partial charge is 0.133 e. The topological polar surface area (TPSA) is 55.2 Å². The second kappa shape index (κ2) is 5.57. The third kappa shape index (κ3) is 3.02. The number of ether oxygens (including phenoxy) is 1. The summed E-state index contributed by atoms with van der Waals surface area (Å²) in [6, 6.07) is 5.72. The zero-order valence-corrected chi connectivity index (χ0v) is 11.5. The van der Waals surface area contributed by atoms with Gasteiger partial charge in [-0.25, -0.2) is 0 Å². The van der Waals surface area contributed by atoms with Crippen molar-refractivity contribution in [2.75, 3.05) is 7.11 Å². The van der Waals surface area contributed by atoms with E-state index in [4.69, 9.17) is 4.74 Å². The minimum atomic E-state index is -0.617. The maximum atomic E-state index is 9.94. The average Bonchev–Trinajstić information content (AvgIpc) is 2.82. The summed E-state index contributed by atoms with van der Waals surface area (Å²) in [5, 5.41) is 9.94. The highest BCUT2D eigenvalue weighted by Gasteiger charge is 2.12. The van der Waals surface area contributed by atoms with Gasteiger partial charge in [-0.3, -0.25) is 0 Å². The number of nitrogens with zero attached hydrogens (tertiary/aromatic N) is 2. The Bertz CT molecular complexity index is 490. The Kier molecular flexibility index (Phi) is 4.09. The molecule has 0 bridgehead atoms. The fraction of sp³-hybridized carbons (Fsp3) is 0.273. The van der Waals surface area contributed by atoms with E-state index in [1.165, 1.54) is 0 Å². The highest BCUT2D eigenvalue weighted by atomic mass is 79.9. The first-order valence-corrected chi connectivity index (χ1v) is 6.51.